The molecule has 4 aromatic rings. The lowest BCUT2D eigenvalue weighted by Gasteiger charge is -2.11. The third-order valence-electron chi connectivity index (χ3n) is 6.13. The molecule has 0 unspecified atom stereocenters. The summed E-state index contributed by atoms with van der Waals surface area (Å²) >= 11 is 6.40. The third kappa shape index (κ3) is 5.22. The van der Waals surface area contributed by atoms with Gasteiger partial charge in [0.15, 0.2) is 0 Å². The number of nitro groups is 1. The van der Waals surface area contributed by atoms with Crippen LogP contribution in [0.4, 0.5) is 10.5 Å². The first-order chi connectivity index (χ1) is 19.2. The Morgan fingerprint density at radius 2 is 1.90 bits per heavy atom. The van der Waals surface area contributed by atoms with Gasteiger partial charge in [0.25, 0.3) is 5.91 Å². The van der Waals surface area contributed by atoms with E-state index in [-0.39, 0.29) is 46.7 Å². The minimum atomic E-state index is -0.733. The van der Waals surface area contributed by atoms with E-state index in [0.29, 0.717) is 0 Å². The van der Waals surface area contributed by atoms with Gasteiger partial charge in [-0.05, 0) is 46.2 Å². The maximum atomic E-state index is 12.9. The van der Waals surface area contributed by atoms with Crippen LogP contribution in [0.2, 0.25) is 5.02 Å². The number of furan rings is 1. The van der Waals surface area contributed by atoms with Crippen LogP contribution in [-0.2, 0) is 22.7 Å². The summed E-state index contributed by atoms with van der Waals surface area (Å²) in [5, 5.41) is 16.2. The summed E-state index contributed by atoms with van der Waals surface area (Å²) in [6, 6.07) is 18.0. The largest absolute Gasteiger partial charge is 0.481 e. The molecule has 1 aliphatic heterocycles. The molecule has 1 saturated heterocycles. The molecule has 0 bridgehead atoms. The molecule has 1 aliphatic rings. The van der Waals surface area contributed by atoms with Crippen molar-refractivity contribution in [3.05, 3.63) is 110 Å². The van der Waals surface area contributed by atoms with Crippen molar-refractivity contribution in [3.8, 4) is 5.75 Å². The van der Waals surface area contributed by atoms with E-state index in [4.69, 9.17) is 20.8 Å². The normalized spacial score (nSPS) is 14.1. The van der Waals surface area contributed by atoms with Crippen molar-refractivity contribution in [2.75, 3.05) is 7.11 Å². The van der Waals surface area contributed by atoms with Gasteiger partial charge in [-0.25, -0.2) is 9.59 Å². The Bertz CT molecular complexity index is 1710. The lowest BCUT2D eigenvalue weighted by molar-refractivity contribution is -0.385. The fourth-order valence-electron chi connectivity index (χ4n) is 4.24. The molecular weight excluding hydrogens is 542 g/mol. The van der Waals surface area contributed by atoms with E-state index < -0.39 is 28.5 Å². The Labute approximate surface area is 231 Å². The second-order valence-corrected chi connectivity index (χ2v) is 9.08. The number of halogens is 1. The van der Waals surface area contributed by atoms with Crippen molar-refractivity contribution < 1.29 is 33.2 Å². The second kappa shape index (κ2) is 10.9. The average Bonchev–Trinajstić information content (AvgIpc) is 3.52. The molecule has 0 saturated carbocycles. The maximum Gasteiger partial charge on any atom is 0.373 e. The number of nitrogens with zero attached hydrogens (tertiary/aromatic N) is 2. The van der Waals surface area contributed by atoms with E-state index in [1.165, 1.54) is 37.5 Å². The van der Waals surface area contributed by atoms with Crippen molar-refractivity contribution in [3.63, 3.8) is 0 Å². The summed E-state index contributed by atoms with van der Waals surface area (Å²) in [6.45, 7) is -0.211. The van der Waals surface area contributed by atoms with Crippen LogP contribution < -0.4 is 10.1 Å². The van der Waals surface area contributed by atoms with Gasteiger partial charge < -0.3 is 19.2 Å². The van der Waals surface area contributed by atoms with Crippen molar-refractivity contribution >= 4 is 52.0 Å². The number of urea groups is 1. The van der Waals surface area contributed by atoms with E-state index >= 15 is 0 Å². The number of amides is 3. The van der Waals surface area contributed by atoms with E-state index in [0.717, 1.165) is 21.2 Å². The Balaban J connectivity index is 1.37. The number of imide groups is 1. The molecule has 3 amide bonds. The lowest BCUT2D eigenvalue weighted by Crippen LogP contribution is -2.30. The van der Waals surface area contributed by atoms with Gasteiger partial charge in [-0.1, -0.05) is 54.1 Å². The van der Waals surface area contributed by atoms with Crippen LogP contribution in [0.15, 0.2) is 76.8 Å². The number of nitro benzene ring substituents is 1. The average molecular weight is 562 g/mol. The minimum Gasteiger partial charge on any atom is -0.481 e. The summed E-state index contributed by atoms with van der Waals surface area (Å²) in [7, 11) is 1.19. The SMILES string of the molecule is COC(=O)c1ccc(CN2C(=O)N/C(=C\c3cc(Cl)c(OCc4cccc5ccccc45)c([N+](=O)[O-])c3)C2=O)o1. The predicted molar refractivity (Wildman–Crippen MR) is 143 cm³/mol. The summed E-state index contributed by atoms with van der Waals surface area (Å²) in [4.78, 5) is 49.1. The first kappa shape index (κ1) is 26.4. The molecule has 11 nitrogen and oxygen atoms in total. The number of fused-ring (bicyclic) bond motifs is 1. The smallest absolute Gasteiger partial charge is 0.373 e. The minimum absolute atomic E-state index is 0.0380. The molecule has 1 N–H and O–H groups in total. The second-order valence-electron chi connectivity index (χ2n) is 8.67. The van der Waals surface area contributed by atoms with Gasteiger partial charge in [-0.3, -0.25) is 19.8 Å². The number of benzene rings is 3. The molecule has 12 heteroatoms. The highest BCUT2D eigenvalue weighted by molar-refractivity contribution is 6.32. The quantitative estimate of drug-likeness (QED) is 0.0983. The van der Waals surface area contributed by atoms with Gasteiger partial charge >= 0.3 is 17.7 Å². The molecule has 5 rings (SSSR count). The standard InChI is InChI=1S/C28H20ClN3O8/c1-38-27(34)24-10-9-19(40-24)14-31-26(33)22(30-28(31)35)12-16-11-21(29)25(23(13-16)32(36)37)39-15-18-7-4-6-17-5-2-3-8-20(17)18/h2-13H,14-15H2,1H3,(H,30,35)/b22-12-. The number of ether oxygens (including phenoxy) is 2. The molecule has 1 fully saturated rings. The Hall–Kier alpha value is -5.16. The molecule has 3 aromatic carbocycles. The van der Waals surface area contributed by atoms with Crippen LogP contribution in [0, 0.1) is 10.1 Å². The number of hydrogen-bond acceptors (Lipinski definition) is 8. The van der Waals surface area contributed by atoms with E-state index in [1.807, 2.05) is 42.5 Å². The number of hydrogen-bond donors (Lipinski definition) is 1. The monoisotopic (exact) mass is 561 g/mol. The van der Waals surface area contributed by atoms with E-state index in [1.54, 1.807) is 0 Å². The van der Waals surface area contributed by atoms with Gasteiger partial charge in [0.1, 0.15) is 18.1 Å². The number of carbonyl (C=O) groups is 3. The zero-order valence-electron chi connectivity index (χ0n) is 20.9. The number of esters is 1. The van der Waals surface area contributed by atoms with Crippen molar-refractivity contribution in [1.82, 2.24) is 10.2 Å². The summed E-state index contributed by atoms with van der Waals surface area (Å²) in [5.41, 5.74) is 0.494. The molecule has 40 heavy (non-hydrogen) atoms. The van der Waals surface area contributed by atoms with Gasteiger partial charge in [0.2, 0.25) is 11.5 Å². The number of rotatable bonds is 8. The summed E-state index contributed by atoms with van der Waals surface area (Å²) in [5.74, 6) is -1.42. The maximum absolute atomic E-state index is 12.9. The van der Waals surface area contributed by atoms with Crippen LogP contribution in [0.3, 0.4) is 0 Å². The molecule has 1 aromatic heterocycles. The highest BCUT2D eigenvalue weighted by Crippen LogP contribution is 2.38. The summed E-state index contributed by atoms with van der Waals surface area (Å²) in [6.07, 6.45) is 1.27. The van der Waals surface area contributed by atoms with Crippen molar-refractivity contribution in [1.29, 1.82) is 0 Å². The Kier molecular flexibility index (Phi) is 7.21. The van der Waals surface area contributed by atoms with Gasteiger partial charge in [0, 0.05) is 6.07 Å². The van der Waals surface area contributed by atoms with Crippen LogP contribution in [0.25, 0.3) is 16.8 Å². The molecule has 0 spiro atoms. The van der Waals surface area contributed by atoms with Crippen molar-refractivity contribution in [2.24, 2.45) is 0 Å². The number of carbonyl (C=O) groups excluding carboxylic acids is 3. The molecule has 0 aliphatic carbocycles. The van der Waals surface area contributed by atoms with Crippen molar-refractivity contribution in [2.45, 2.75) is 13.2 Å². The van der Waals surface area contributed by atoms with E-state index in [2.05, 4.69) is 10.1 Å². The zero-order valence-corrected chi connectivity index (χ0v) is 21.6. The summed E-state index contributed by atoms with van der Waals surface area (Å²) < 4.78 is 15.7. The number of methoxy groups -OCH3 is 1. The topological polar surface area (TPSA) is 141 Å². The van der Waals surface area contributed by atoms with Crippen LogP contribution in [0.5, 0.6) is 5.75 Å². The lowest BCUT2D eigenvalue weighted by atomic mass is 10.1. The van der Waals surface area contributed by atoms with Gasteiger partial charge in [-0.2, -0.15) is 0 Å². The molecule has 0 atom stereocenters. The highest BCUT2D eigenvalue weighted by atomic mass is 35.5. The van der Waals surface area contributed by atoms with Crippen LogP contribution in [0.1, 0.15) is 27.4 Å². The van der Waals surface area contributed by atoms with Gasteiger partial charge in [0.05, 0.1) is 23.6 Å². The molecule has 2 heterocycles. The molecular formula is C28H20ClN3O8. The third-order valence-corrected chi connectivity index (χ3v) is 6.41. The fraction of sp³-hybridized carbons (Fsp3) is 0.107. The van der Waals surface area contributed by atoms with E-state index in [9.17, 15) is 24.5 Å². The first-order valence-corrected chi connectivity index (χ1v) is 12.2. The van der Waals surface area contributed by atoms with Gasteiger partial charge in [-0.15, -0.1) is 0 Å². The fourth-order valence-corrected chi connectivity index (χ4v) is 4.52. The molecule has 202 valence electrons. The van der Waals surface area contributed by atoms with Crippen LogP contribution in [-0.4, -0.2) is 34.8 Å². The zero-order chi connectivity index (χ0) is 28.4. The highest BCUT2D eigenvalue weighted by Gasteiger charge is 2.34. The molecule has 0 radical (unpaired) electrons. The Morgan fingerprint density at radius 3 is 2.67 bits per heavy atom. The number of nitrogens with one attached hydrogen (secondary N) is 1. The van der Waals surface area contributed by atoms with Crippen LogP contribution >= 0.6 is 11.6 Å². The first-order valence-electron chi connectivity index (χ1n) is 11.8. The Morgan fingerprint density at radius 1 is 1.12 bits per heavy atom. The predicted octanol–water partition coefficient (Wildman–Crippen LogP) is 5.45.